The Bertz CT molecular complexity index is 1760. The minimum atomic E-state index is -3.74. The summed E-state index contributed by atoms with van der Waals surface area (Å²) in [5.41, 5.74) is 8.38. The molecule has 3 N–H and O–H groups in total. The molecule has 11 nitrogen and oxygen atoms in total. The monoisotopic (exact) mass is 579 g/mol. The van der Waals surface area contributed by atoms with Gasteiger partial charge in [0.05, 0.1) is 17.6 Å². The van der Waals surface area contributed by atoms with Crippen LogP contribution in [0.25, 0.3) is 27.5 Å². The van der Waals surface area contributed by atoms with Gasteiger partial charge in [0.15, 0.2) is 15.5 Å². The summed E-state index contributed by atoms with van der Waals surface area (Å²) >= 11 is 1.57. The van der Waals surface area contributed by atoms with Crippen LogP contribution in [0.5, 0.6) is 0 Å². The van der Waals surface area contributed by atoms with Gasteiger partial charge in [-0.1, -0.05) is 6.07 Å². The first-order chi connectivity index (χ1) is 19.0. The largest absolute Gasteiger partial charge is 0.382 e. The van der Waals surface area contributed by atoms with Crippen molar-refractivity contribution in [3.05, 3.63) is 41.3 Å². The number of pyridine rings is 1. The smallest absolute Gasteiger partial charge is 0.255 e. The van der Waals surface area contributed by atoms with Crippen molar-refractivity contribution in [2.75, 3.05) is 12.0 Å². The van der Waals surface area contributed by atoms with Crippen LogP contribution in [0.3, 0.4) is 0 Å². The molecule has 2 bridgehead atoms. The van der Waals surface area contributed by atoms with Crippen molar-refractivity contribution in [3.8, 4) is 21.8 Å². The van der Waals surface area contributed by atoms with Gasteiger partial charge in [0.1, 0.15) is 21.3 Å². The van der Waals surface area contributed by atoms with E-state index in [9.17, 15) is 18.3 Å². The molecule has 1 saturated carbocycles. The molecule has 1 aliphatic carbocycles. The van der Waals surface area contributed by atoms with E-state index in [1.165, 1.54) is 4.52 Å². The van der Waals surface area contributed by atoms with Gasteiger partial charge in [0, 0.05) is 52.7 Å². The van der Waals surface area contributed by atoms with Gasteiger partial charge in [-0.3, -0.25) is 9.78 Å². The first-order valence-electron chi connectivity index (χ1n) is 13.3. The number of nitrogen functional groups attached to an aromatic ring is 1. The highest BCUT2D eigenvalue weighted by Crippen LogP contribution is 2.48. The number of carbonyl (C=O) groups is 1. The van der Waals surface area contributed by atoms with Gasteiger partial charge in [-0.05, 0) is 51.5 Å². The number of aliphatic hydroxyl groups is 1. The number of anilines is 1. The molecule has 2 aliphatic heterocycles. The highest BCUT2D eigenvalue weighted by molar-refractivity contribution is 7.91. The third-order valence-electron chi connectivity index (χ3n) is 8.43. The summed E-state index contributed by atoms with van der Waals surface area (Å²) in [5.74, 6) is -0.370. The number of rotatable bonds is 5. The highest BCUT2D eigenvalue weighted by Gasteiger charge is 2.55. The molecule has 4 aromatic heterocycles. The molecule has 13 heteroatoms. The maximum atomic E-state index is 13.0. The number of carbonyl (C=O) groups excluding carboxylic acids is 1. The topological polar surface area (TPSA) is 157 Å². The number of nitrogens with zero attached hydrogens (tertiary/aromatic N) is 6. The molecule has 40 heavy (non-hydrogen) atoms. The Labute approximate surface area is 235 Å². The first kappa shape index (κ1) is 25.5. The summed E-state index contributed by atoms with van der Waals surface area (Å²) in [4.78, 5) is 29.9. The summed E-state index contributed by atoms with van der Waals surface area (Å²) < 4.78 is 27.4. The molecular weight excluding hydrogens is 550 g/mol. The van der Waals surface area contributed by atoms with Crippen molar-refractivity contribution < 1.29 is 18.3 Å². The number of thiazole rings is 1. The number of hydrogen-bond donors (Lipinski definition) is 2. The van der Waals surface area contributed by atoms with Crippen LogP contribution in [-0.2, 0) is 14.6 Å². The second-order valence-corrected chi connectivity index (χ2v) is 14.5. The van der Waals surface area contributed by atoms with Crippen LogP contribution in [-0.4, -0.2) is 72.8 Å². The molecule has 4 aromatic rings. The van der Waals surface area contributed by atoms with Crippen molar-refractivity contribution in [2.45, 2.75) is 73.9 Å². The van der Waals surface area contributed by atoms with Crippen LogP contribution in [0.15, 0.2) is 35.6 Å². The molecule has 3 fully saturated rings. The standard InChI is InChI=1S/C27H29N7O4S2/c1-14-11-30-25(39-14)20-6-3-15(12-29-20)19-13-31-34-23(28)22(40(2,37)38)21(32-24(19)34)16-9-17-4-5-18(10-16)33(17)26(35)27(36)7-8-27/h3,6,11-13,16-18,36H,4-5,7-10,28H2,1-2H3/t16-,17+,18-. The number of aryl methyl sites for hydroxylation is 1. The van der Waals surface area contributed by atoms with Crippen molar-refractivity contribution in [2.24, 2.45) is 0 Å². The maximum Gasteiger partial charge on any atom is 0.255 e. The summed E-state index contributed by atoms with van der Waals surface area (Å²) in [7, 11) is -3.74. The van der Waals surface area contributed by atoms with E-state index < -0.39 is 15.4 Å². The zero-order valence-electron chi connectivity index (χ0n) is 22.1. The van der Waals surface area contributed by atoms with Crippen LogP contribution in [0.1, 0.15) is 55.0 Å². The van der Waals surface area contributed by atoms with Crippen LogP contribution in [0.4, 0.5) is 5.82 Å². The lowest BCUT2D eigenvalue weighted by Crippen LogP contribution is -2.51. The first-order valence-corrected chi connectivity index (χ1v) is 16.1. The molecule has 0 aromatic carbocycles. The quantitative estimate of drug-likeness (QED) is 0.363. The number of nitrogens with two attached hydrogens (primary N) is 1. The molecular formula is C27H29N7O4S2. The molecule has 3 atom stereocenters. The fourth-order valence-corrected chi connectivity index (χ4v) is 8.14. The average molecular weight is 580 g/mol. The third-order valence-corrected chi connectivity index (χ3v) is 10.5. The Kier molecular flexibility index (Phi) is 5.61. The van der Waals surface area contributed by atoms with Crippen LogP contribution < -0.4 is 5.73 Å². The Hall–Kier alpha value is -3.42. The van der Waals surface area contributed by atoms with Gasteiger partial charge in [-0.2, -0.15) is 9.61 Å². The Morgan fingerprint density at radius 2 is 1.85 bits per heavy atom. The number of amides is 1. The normalized spacial score (nSPS) is 23.6. The number of fused-ring (bicyclic) bond motifs is 3. The number of aromatic nitrogens is 5. The van der Waals surface area contributed by atoms with Crippen molar-refractivity contribution in [1.29, 1.82) is 0 Å². The van der Waals surface area contributed by atoms with Gasteiger partial charge < -0.3 is 15.7 Å². The average Bonchev–Trinajstić information content (AvgIpc) is 3.21. The molecule has 3 aliphatic rings. The molecule has 0 spiro atoms. The van der Waals surface area contributed by atoms with Gasteiger partial charge in [-0.15, -0.1) is 11.3 Å². The zero-order chi connectivity index (χ0) is 28.0. The van der Waals surface area contributed by atoms with E-state index in [2.05, 4.69) is 15.1 Å². The minimum absolute atomic E-state index is 0.00717. The van der Waals surface area contributed by atoms with E-state index in [0.29, 0.717) is 42.6 Å². The van der Waals surface area contributed by atoms with E-state index in [0.717, 1.165) is 40.2 Å². The fourth-order valence-electron chi connectivity index (χ4n) is 6.34. The second kappa shape index (κ2) is 8.79. The third kappa shape index (κ3) is 4.01. The summed E-state index contributed by atoms with van der Waals surface area (Å²) in [5, 5.41) is 15.7. The molecule has 7 rings (SSSR count). The van der Waals surface area contributed by atoms with E-state index in [1.807, 2.05) is 30.2 Å². The molecule has 0 unspecified atom stereocenters. The molecule has 208 valence electrons. The summed E-state index contributed by atoms with van der Waals surface area (Å²) in [6.45, 7) is 2.00. The summed E-state index contributed by atoms with van der Waals surface area (Å²) in [6.07, 6.45) is 10.1. The molecule has 6 heterocycles. The van der Waals surface area contributed by atoms with Crippen molar-refractivity contribution >= 4 is 38.5 Å². The Balaban J connectivity index is 1.29. The predicted molar refractivity (Wildman–Crippen MR) is 149 cm³/mol. The maximum absolute atomic E-state index is 13.0. The number of sulfone groups is 1. The minimum Gasteiger partial charge on any atom is -0.382 e. The number of piperidine rings is 1. The zero-order valence-corrected chi connectivity index (χ0v) is 23.7. The van der Waals surface area contributed by atoms with E-state index in [-0.39, 0.29) is 34.6 Å². The van der Waals surface area contributed by atoms with Gasteiger partial charge in [0.2, 0.25) is 0 Å². The van der Waals surface area contributed by atoms with Gasteiger partial charge in [0.25, 0.3) is 5.91 Å². The lowest BCUT2D eigenvalue weighted by atomic mass is 9.87. The SMILES string of the molecule is Cc1cnc(-c2ccc(-c3cnn4c(N)c(S(C)(=O)=O)c([C@H]5C[C@H]6CC[C@@H](C5)N6C(=O)C5(O)CC5)nc34)cn2)s1. The van der Waals surface area contributed by atoms with Gasteiger partial charge in [-0.25, -0.2) is 18.4 Å². The van der Waals surface area contributed by atoms with Crippen LogP contribution in [0, 0.1) is 6.92 Å². The lowest BCUT2D eigenvalue weighted by Gasteiger charge is -2.40. The summed E-state index contributed by atoms with van der Waals surface area (Å²) in [6, 6.07) is 3.68. The predicted octanol–water partition coefficient (Wildman–Crippen LogP) is 2.97. The van der Waals surface area contributed by atoms with Crippen LogP contribution in [0.2, 0.25) is 0 Å². The van der Waals surface area contributed by atoms with Crippen molar-refractivity contribution in [1.82, 2.24) is 29.5 Å². The molecule has 1 amide bonds. The lowest BCUT2D eigenvalue weighted by molar-refractivity contribution is -0.147. The van der Waals surface area contributed by atoms with E-state index in [1.54, 1.807) is 23.7 Å². The number of hydrogen-bond acceptors (Lipinski definition) is 10. The Morgan fingerprint density at radius 1 is 1.12 bits per heavy atom. The molecule has 2 saturated heterocycles. The van der Waals surface area contributed by atoms with E-state index in [4.69, 9.17) is 10.7 Å². The Morgan fingerprint density at radius 3 is 2.42 bits per heavy atom. The van der Waals surface area contributed by atoms with Crippen LogP contribution >= 0.6 is 11.3 Å². The van der Waals surface area contributed by atoms with E-state index >= 15 is 0 Å². The van der Waals surface area contributed by atoms with Gasteiger partial charge >= 0.3 is 0 Å². The highest BCUT2D eigenvalue weighted by atomic mass is 32.2. The molecule has 0 radical (unpaired) electrons. The van der Waals surface area contributed by atoms with Crippen molar-refractivity contribution in [3.63, 3.8) is 0 Å². The second-order valence-electron chi connectivity index (χ2n) is 11.3. The fraction of sp³-hybridized carbons (Fsp3) is 0.444.